The second kappa shape index (κ2) is 5.55. The Hall–Kier alpha value is -0.740. The molecule has 0 unspecified atom stereocenters. The lowest BCUT2D eigenvalue weighted by Gasteiger charge is -2.17. The van der Waals surface area contributed by atoms with Crippen molar-refractivity contribution in [3.8, 4) is 0 Å². The Bertz CT molecular complexity index is 227. The van der Waals surface area contributed by atoms with Crippen molar-refractivity contribution in [1.29, 1.82) is 0 Å². The van der Waals surface area contributed by atoms with Crippen LogP contribution in [0.15, 0.2) is 0 Å². The third kappa shape index (κ3) is 5.98. The molecule has 0 aliphatic heterocycles. The minimum Gasteiger partial charge on any atom is -0.296 e. The summed E-state index contributed by atoms with van der Waals surface area (Å²) in [5, 5.41) is 0. The van der Waals surface area contributed by atoms with Gasteiger partial charge in [-0.25, -0.2) is 9.78 Å². The van der Waals surface area contributed by atoms with E-state index in [0.29, 0.717) is 0 Å². The zero-order valence-electron chi connectivity index (χ0n) is 11.0. The van der Waals surface area contributed by atoms with Gasteiger partial charge in [-0.05, 0) is 0 Å². The fraction of sp³-hybridized carbons (Fsp3) is 0.833. The first-order valence-electron chi connectivity index (χ1n) is 5.36. The normalized spacial score (nSPS) is 12.6. The van der Waals surface area contributed by atoms with E-state index in [9.17, 15) is 9.59 Å². The molecular weight excluding hydrogens is 208 g/mol. The molecule has 4 heteroatoms. The molecule has 16 heavy (non-hydrogen) atoms. The van der Waals surface area contributed by atoms with Crippen LogP contribution in [0.25, 0.3) is 0 Å². The van der Waals surface area contributed by atoms with Crippen LogP contribution < -0.4 is 0 Å². The van der Waals surface area contributed by atoms with Crippen LogP contribution in [0.4, 0.5) is 0 Å². The molecule has 0 amide bonds. The van der Waals surface area contributed by atoms with Crippen LogP contribution in [0.3, 0.4) is 0 Å². The van der Waals surface area contributed by atoms with Gasteiger partial charge in [-0.2, -0.15) is 0 Å². The first-order chi connectivity index (χ1) is 7.05. The van der Waals surface area contributed by atoms with Crippen molar-refractivity contribution in [3.63, 3.8) is 0 Å². The third-order valence-corrected chi connectivity index (χ3v) is 2.14. The fourth-order valence-corrected chi connectivity index (χ4v) is 0.623. The van der Waals surface area contributed by atoms with E-state index in [4.69, 9.17) is 9.78 Å². The van der Waals surface area contributed by atoms with Crippen molar-refractivity contribution in [3.05, 3.63) is 0 Å². The molecule has 0 heterocycles. The second-order valence-corrected chi connectivity index (χ2v) is 5.87. The van der Waals surface area contributed by atoms with Crippen LogP contribution in [-0.4, -0.2) is 24.8 Å². The summed E-state index contributed by atoms with van der Waals surface area (Å²) in [6, 6.07) is 0. The highest BCUT2D eigenvalue weighted by atomic mass is 17.2. The molecule has 0 spiro atoms. The summed E-state index contributed by atoms with van der Waals surface area (Å²) < 4.78 is 0. The van der Waals surface area contributed by atoms with Gasteiger partial charge in [-0.3, -0.25) is 9.59 Å². The van der Waals surface area contributed by atoms with Crippen LogP contribution >= 0.6 is 0 Å². The van der Waals surface area contributed by atoms with Crippen LogP contribution in [0, 0.1) is 10.8 Å². The van der Waals surface area contributed by atoms with E-state index in [1.165, 1.54) is 0 Å². The number of ketones is 2. The molecule has 0 atom stereocenters. The number of carbonyl (C=O) groups excluding carboxylic acids is 2. The number of rotatable bonds is 5. The van der Waals surface area contributed by atoms with Crippen molar-refractivity contribution < 1.29 is 19.4 Å². The predicted molar refractivity (Wildman–Crippen MR) is 60.8 cm³/mol. The molecule has 94 valence electrons. The number of hydrogen-bond donors (Lipinski definition) is 0. The maximum atomic E-state index is 11.4. The topological polar surface area (TPSA) is 52.6 Å². The molecule has 0 aromatic heterocycles. The number of Topliss-reactive ketones (excluding diaryl/α,β-unsaturated/α-hetero) is 2. The molecule has 0 rings (SSSR count). The van der Waals surface area contributed by atoms with E-state index < -0.39 is 10.8 Å². The molecule has 0 saturated heterocycles. The zero-order valence-corrected chi connectivity index (χ0v) is 11.0. The first kappa shape index (κ1) is 15.3. The van der Waals surface area contributed by atoms with Crippen LogP contribution in [-0.2, 0) is 19.4 Å². The summed E-state index contributed by atoms with van der Waals surface area (Å²) in [4.78, 5) is 32.3. The lowest BCUT2D eigenvalue weighted by atomic mass is 9.91. The molecule has 0 bridgehead atoms. The van der Waals surface area contributed by atoms with Crippen LogP contribution in [0.2, 0.25) is 0 Å². The highest BCUT2D eigenvalue weighted by Gasteiger charge is 2.23. The Morgan fingerprint density at radius 1 is 0.750 bits per heavy atom. The van der Waals surface area contributed by atoms with E-state index in [0.717, 1.165) is 0 Å². The highest BCUT2D eigenvalue weighted by molar-refractivity contribution is 5.85. The fourth-order valence-electron chi connectivity index (χ4n) is 0.623. The molecule has 0 aromatic rings. The van der Waals surface area contributed by atoms with Gasteiger partial charge in [0.2, 0.25) is 0 Å². The third-order valence-electron chi connectivity index (χ3n) is 2.14. The monoisotopic (exact) mass is 230 g/mol. The van der Waals surface area contributed by atoms with Gasteiger partial charge in [0, 0.05) is 10.8 Å². The zero-order chi connectivity index (χ0) is 13.0. The molecule has 0 fully saturated rings. The average Bonchev–Trinajstić information content (AvgIpc) is 2.08. The summed E-state index contributed by atoms with van der Waals surface area (Å²) >= 11 is 0. The highest BCUT2D eigenvalue weighted by Crippen LogP contribution is 2.16. The Labute approximate surface area is 97.2 Å². The van der Waals surface area contributed by atoms with Crippen molar-refractivity contribution in [2.45, 2.75) is 41.5 Å². The summed E-state index contributed by atoms with van der Waals surface area (Å²) in [5.41, 5.74) is -0.894. The van der Waals surface area contributed by atoms with E-state index in [1.54, 1.807) is 41.5 Å². The average molecular weight is 230 g/mol. The van der Waals surface area contributed by atoms with Gasteiger partial charge < -0.3 is 0 Å². The van der Waals surface area contributed by atoms with Gasteiger partial charge in [-0.15, -0.1) is 0 Å². The predicted octanol–water partition coefficient (Wildman–Crippen LogP) is 2.17. The summed E-state index contributed by atoms with van der Waals surface area (Å²) in [6.07, 6.45) is 0. The Morgan fingerprint density at radius 3 is 1.19 bits per heavy atom. The molecule has 0 aliphatic carbocycles. The van der Waals surface area contributed by atoms with Gasteiger partial charge in [0.05, 0.1) is 0 Å². The molecular formula is C12H22O4. The van der Waals surface area contributed by atoms with Crippen molar-refractivity contribution in [2.75, 3.05) is 13.2 Å². The molecule has 0 aromatic carbocycles. The lowest BCUT2D eigenvalue weighted by Crippen LogP contribution is -2.28. The molecule has 0 saturated carbocycles. The number of carbonyl (C=O) groups is 2. The smallest absolute Gasteiger partial charge is 0.167 e. The maximum Gasteiger partial charge on any atom is 0.167 e. The first-order valence-corrected chi connectivity index (χ1v) is 5.36. The molecule has 0 aliphatic rings. The van der Waals surface area contributed by atoms with E-state index in [1.807, 2.05) is 0 Å². The standard InChI is InChI=1S/C12H22O4/c1-11(2,3)9(13)7-15-16-8-10(14)12(4,5)6/h7-8H2,1-6H3. The van der Waals surface area contributed by atoms with Crippen molar-refractivity contribution in [1.82, 2.24) is 0 Å². The van der Waals surface area contributed by atoms with E-state index in [2.05, 4.69) is 0 Å². The number of hydrogen-bond acceptors (Lipinski definition) is 4. The van der Waals surface area contributed by atoms with Crippen LogP contribution in [0.5, 0.6) is 0 Å². The van der Waals surface area contributed by atoms with Gasteiger partial charge in [0.1, 0.15) is 13.2 Å². The minimum atomic E-state index is -0.447. The SMILES string of the molecule is CC(C)(C)C(=O)COOCC(=O)C(C)(C)C. The van der Waals surface area contributed by atoms with Crippen molar-refractivity contribution >= 4 is 11.6 Å². The van der Waals surface area contributed by atoms with Gasteiger partial charge in [0.25, 0.3) is 0 Å². The second-order valence-electron chi connectivity index (χ2n) is 5.87. The van der Waals surface area contributed by atoms with Gasteiger partial charge >= 0.3 is 0 Å². The Morgan fingerprint density at radius 2 is 1.00 bits per heavy atom. The van der Waals surface area contributed by atoms with Gasteiger partial charge in [-0.1, -0.05) is 41.5 Å². The molecule has 4 nitrogen and oxygen atoms in total. The Kier molecular flexibility index (Phi) is 5.29. The summed E-state index contributed by atoms with van der Waals surface area (Å²) in [5.74, 6) is -0.119. The summed E-state index contributed by atoms with van der Waals surface area (Å²) in [7, 11) is 0. The maximum absolute atomic E-state index is 11.4. The van der Waals surface area contributed by atoms with E-state index in [-0.39, 0.29) is 24.8 Å². The van der Waals surface area contributed by atoms with Crippen LogP contribution in [0.1, 0.15) is 41.5 Å². The van der Waals surface area contributed by atoms with E-state index >= 15 is 0 Å². The lowest BCUT2D eigenvalue weighted by molar-refractivity contribution is -0.285. The largest absolute Gasteiger partial charge is 0.296 e. The quantitative estimate of drug-likeness (QED) is 0.412. The molecule has 0 N–H and O–H groups in total. The minimum absolute atomic E-state index is 0.0595. The van der Waals surface area contributed by atoms with Gasteiger partial charge in [0.15, 0.2) is 11.6 Å². The van der Waals surface area contributed by atoms with Crippen molar-refractivity contribution in [2.24, 2.45) is 10.8 Å². The molecule has 0 radical (unpaired) electrons. The summed E-state index contributed by atoms with van der Waals surface area (Å²) in [6.45, 7) is 10.6. The Balaban J connectivity index is 3.79.